The number of aliphatic hydroxyl groups is 2. The molecule has 0 aliphatic carbocycles. The summed E-state index contributed by atoms with van der Waals surface area (Å²) in [5.74, 6) is -0.381. The largest absolute Gasteiger partial charge is 0.469 e. The van der Waals surface area contributed by atoms with Gasteiger partial charge in [-0.05, 0) is 38.3 Å². The van der Waals surface area contributed by atoms with Gasteiger partial charge in [0, 0.05) is 6.54 Å². The summed E-state index contributed by atoms with van der Waals surface area (Å²) in [5, 5.41) is 22.9. The molecular weight excluding hydrogens is 326 g/mol. The third-order valence-corrected chi connectivity index (χ3v) is 3.34. The molecular formula is C18H27NO6. The first-order valence-corrected chi connectivity index (χ1v) is 8.11. The van der Waals surface area contributed by atoms with Gasteiger partial charge in [0.15, 0.2) is 0 Å². The fourth-order valence-corrected chi connectivity index (χ4v) is 2.14. The lowest BCUT2D eigenvalue weighted by Gasteiger charge is -2.21. The molecule has 2 atom stereocenters. The van der Waals surface area contributed by atoms with Gasteiger partial charge in [-0.2, -0.15) is 0 Å². The Balaban J connectivity index is 2.53. The minimum atomic E-state index is -1.13. The lowest BCUT2D eigenvalue weighted by atomic mass is 9.99. The second-order valence-electron chi connectivity index (χ2n) is 6.73. The molecule has 0 bridgehead atoms. The highest BCUT2D eigenvalue weighted by Gasteiger charge is 2.20. The maximum absolute atomic E-state index is 11.5. The average molecular weight is 353 g/mol. The second kappa shape index (κ2) is 9.39. The summed E-state index contributed by atoms with van der Waals surface area (Å²) in [5.41, 5.74) is 0.580. The molecule has 0 heterocycles. The van der Waals surface area contributed by atoms with E-state index < -0.39 is 23.9 Å². The van der Waals surface area contributed by atoms with Gasteiger partial charge in [0.1, 0.15) is 11.7 Å². The molecule has 25 heavy (non-hydrogen) atoms. The van der Waals surface area contributed by atoms with Crippen molar-refractivity contribution in [2.24, 2.45) is 0 Å². The summed E-state index contributed by atoms with van der Waals surface area (Å²) >= 11 is 0. The minimum absolute atomic E-state index is 0.0906. The average Bonchev–Trinajstić information content (AvgIpc) is 2.52. The van der Waals surface area contributed by atoms with Gasteiger partial charge in [-0.1, -0.05) is 24.3 Å². The lowest BCUT2D eigenvalue weighted by Crippen LogP contribution is -2.34. The molecule has 7 heteroatoms. The first-order chi connectivity index (χ1) is 11.6. The van der Waals surface area contributed by atoms with E-state index in [-0.39, 0.29) is 25.4 Å². The number of rotatable bonds is 7. The molecule has 2 unspecified atom stereocenters. The highest BCUT2D eigenvalue weighted by atomic mass is 16.6. The van der Waals surface area contributed by atoms with E-state index in [1.165, 1.54) is 7.11 Å². The van der Waals surface area contributed by atoms with Crippen molar-refractivity contribution in [3.05, 3.63) is 35.4 Å². The van der Waals surface area contributed by atoms with Crippen LogP contribution in [0.1, 0.15) is 44.4 Å². The van der Waals surface area contributed by atoms with Crippen molar-refractivity contribution in [2.75, 3.05) is 13.7 Å². The zero-order valence-corrected chi connectivity index (χ0v) is 15.1. The van der Waals surface area contributed by atoms with Crippen molar-refractivity contribution >= 4 is 12.1 Å². The highest BCUT2D eigenvalue weighted by molar-refractivity contribution is 5.72. The number of hydrogen-bond acceptors (Lipinski definition) is 6. The molecule has 0 aliphatic rings. The first kappa shape index (κ1) is 20.9. The summed E-state index contributed by atoms with van der Waals surface area (Å²) in [7, 11) is 1.31. The number of carbonyl (C=O) groups is 2. The Kier molecular flexibility index (Phi) is 7.86. The van der Waals surface area contributed by atoms with Crippen LogP contribution in [0.5, 0.6) is 0 Å². The molecule has 1 amide bonds. The quantitative estimate of drug-likeness (QED) is 0.645. The van der Waals surface area contributed by atoms with E-state index in [2.05, 4.69) is 10.1 Å². The van der Waals surface area contributed by atoms with Crippen LogP contribution in [0.25, 0.3) is 0 Å². The monoisotopic (exact) mass is 353 g/mol. The fourth-order valence-electron chi connectivity index (χ4n) is 2.14. The van der Waals surface area contributed by atoms with E-state index >= 15 is 0 Å². The Hall–Kier alpha value is -2.12. The number of benzene rings is 1. The van der Waals surface area contributed by atoms with Crippen LogP contribution in [0.3, 0.4) is 0 Å². The van der Waals surface area contributed by atoms with Crippen LogP contribution in [0.15, 0.2) is 24.3 Å². The number of esters is 1. The van der Waals surface area contributed by atoms with Crippen molar-refractivity contribution in [1.29, 1.82) is 0 Å². The molecule has 140 valence electrons. The standard InChI is InChI=1S/C18H27NO6/c1-18(2,3)25-17(23)19-9-8-14(20)16(22)13-7-5-6-12(10-13)11-15(21)24-4/h5-7,10,14,16,20,22H,8-9,11H2,1-4H3,(H,19,23). The maximum Gasteiger partial charge on any atom is 0.407 e. The molecule has 1 rings (SSSR count). The van der Waals surface area contributed by atoms with Crippen molar-refractivity contribution in [1.82, 2.24) is 5.32 Å². The van der Waals surface area contributed by atoms with Crippen molar-refractivity contribution in [3.63, 3.8) is 0 Å². The highest BCUT2D eigenvalue weighted by Crippen LogP contribution is 2.20. The van der Waals surface area contributed by atoms with E-state index in [0.29, 0.717) is 11.1 Å². The molecule has 0 fully saturated rings. The molecule has 1 aromatic rings. The molecule has 7 nitrogen and oxygen atoms in total. The number of methoxy groups -OCH3 is 1. The van der Waals surface area contributed by atoms with Crippen molar-refractivity contribution < 1.29 is 29.3 Å². The fraction of sp³-hybridized carbons (Fsp3) is 0.556. The number of ether oxygens (including phenoxy) is 2. The number of amides is 1. The molecule has 0 aliphatic heterocycles. The van der Waals surface area contributed by atoms with E-state index in [4.69, 9.17) is 4.74 Å². The SMILES string of the molecule is COC(=O)Cc1cccc(C(O)C(O)CCNC(=O)OC(C)(C)C)c1. The van der Waals surface area contributed by atoms with Crippen molar-refractivity contribution in [3.8, 4) is 0 Å². The minimum Gasteiger partial charge on any atom is -0.469 e. The third kappa shape index (κ3) is 8.00. The molecule has 0 aromatic heterocycles. The van der Waals surface area contributed by atoms with Gasteiger partial charge >= 0.3 is 12.1 Å². The predicted octanol–water partition coefficient (Wildman–Crippen LogP) is 1.71. The van der Waals surface area contributed by atoms with Crippen LogP contribution < -0.4 is 5.32 Å². The molecule has 3 N–H and O–H groups in total. The molecule has 0 spiro atoms. The normalized spacial score (nSPS) is 13.7. The number of carbonyl (C=O) groups excluding carboxylic acids is 2. The lowest BCUT2D eigenvalue weighted by molar-refractivity contribution is -0.139. The van der Waals surface area contributed by atoms with Crippen LogP contribution in [0, 0.1) is 0 Å². The van der Waals surface area contributed by atoms with Crippen LogP contribution in [-0.2, 0) is 20.7 Å². The summed E-state index contributed by atoms with van der Waals surface area (Å²) in [6, 6.07) is 6.74. The predicted molar refractivity (Wildman–Crippen MR) is 92.0 cm³/mol. The molecule has 0 radical (unpaired) electrons. The van der Waals surface area contributed by atoms with E-state index in [0.717, 1.165) is 0 Å². The molecule has 0 saturated carbocycles. The Labute approximate surface area is 147 Å². The van der Waals surface area contributed by atoms with Crippen LogP contribution in [0.2, 0.25) is 0 Å². The zero-order chi connectivity index (χ0) is 19.0. The Morgan fingerprint density at radius 1 is 1.24 bits per heavy atom. The van der Waals surface area contributed by atoms with Crippen LogP contribution in [0.4, 0.5) is 4.79 Å². The Morgan fingerprint density at radius 2 is 1.92 bits per heavy atom. The molecule has 1 aromatic carbocycles. The number of hydrogen-bond donors (Lipinski definition) is 3. The van der Waals surface area contributed by atoms with Crippen LogP contribution >= 0.6 is 0 Å². The summed E-state index contributed by atoms with van der Waals surface area (Å²) in [4.78, 5) is 22.8. The van der Waals surface area contributed by atoms with Gasteiger partial charge in [-0.25, -0.2) is 4.79 Å². The van der Waals surface area contributed by atoms with Gasteiger partial charge in [0.05, 0.1) is 19.6 Å². The van der Waals surface area contributed by atoms with E-state index in [1.54, 1.807) is 45.0 Å². The summed E-state index contributed by atoms with van der Waals surface area (Å²) in [6.07, 6.45) is -2.52. The number of aliphatic hydroxyl groups excluding tert-OH is 2. The summed E-state index contributed by atoms with van der Waals surface area (Å²) < 4.78 is 9.70. The summed E-state index contributed by atoms with van der Waals surface area (Å²) in [6.45, 7) is 5.43. The van der Waals surface area contributed by atoms with Gasteiger partial charge in [0.25, 0.3) is 0 Å². The van der Waals surface area contributed by atoms with Crippen molar-refractivity contribution in [2.45, 2.75) is 51.4 Å². The van der Waals surface area contributed by atoms with Gasteiger partial charge < -0.3 is 25.0 Å². The van der Waals surface area contributed by atoms with E-state index in [9.17, 15) is 19.8 Å². The molecule has 0 saturated heterocycles. The Morgan fingerprint density at radius 3 is 2.52 bits per heavy atom. The number of alkyl carbamates (subject to hydrolysis) is 1. The third-order valence-electron chi connectivity index (χ3n) is 3.34. The zero-order valence-electron chi connectivity index (χ0n) is 15.1. The second-order valence-corrected chi connectivity index (χ2v) is 6.73. The number of nitrogens with one attached hydrogen (secondary N) is 1. The van der Waals surface area contributed by atoms with Gasteiger partial charge in [-0.15, -0.1) is 0 Å². The topological polar surface area (TPSA) is 105 Å². The van der Waals surface area contributed by atoms with Gasteiger partial charge in [-0.3, -0.25) is 4.79 Å². The Bertz CT molecular complexity index is 581. The van der Waals surface area contributed by atoms with Crippen LogP contribution in [-0.4, -0.2) is 47.6 Å². The van der Waals surface area contributed by atoms with E-state index in [1.807, 2.05) is 0 Å². The maximum atomic E-state index is 11.5. The smallest absolute Gasteiger partial charge is 0.407 e. The first-order valence-electron chi connectivity index (χ1n) is 8.11. The van der Waals surface area contributed by atoms with Gasteiger partial charge in [0.2, 0.25) is 0 Å².